The number of benzene rings is 2. The monoisotopic (exact) mass is 500 g/mol. The third kappa shape index (κ3) is 5.10. The summed E-state index contributed by atoms with van der Waals surface area (Å²) in [5.74, 6) is 1.74. The molecule has 0 aliphatic carbocycles. The number of anilines is 1. The summed E-state index contributed by atoms with van der Waals surface area (Å²) >= 11 is 7.80. The zero-order valence-corrected chi connectivity index (χ0v) is 20.7. The Morgan fingerprint density at radius 2 is 1.85 bits per heavy atom. The maximum Gasteiger partial charge on any atom is 0.233 e. The van der Waals surface area contributed by atoms with E-state index in [1.54, 1.807) is 57.0 Å². The number of aryl methyl sites for hydroxylation is 1. The fourth-order valence-electron chi connectivity index (χ4n) is 3.64. The van der Waals surface area contributed by atoms with Gasteiger partial charge < -0.3 is 18.8 Å². The number of rotatable bonds is 10. The first-order chi connectivity index (χ1) is 16.5. The van der Waals surface area contributed by atoms with Gasteiger partial charge >= 0.3 is 0 Å². The van der Waals surface area contributed by atoms with E-state index < -0.39 is 0 Å². The minimum absolute atomic E-state index is 0.0769. The van der Waals surface area contributed by atoms with Gasteiger partial charge in [-0.1, -0.05) is 29.0 Å². The highest BCUT2D eigenvalue weighted by Gasteiger charge is 2.22. The zero-order chi connectivity index (χ0) is 24.1. The molecule has 2 aromatic heterocycles. The van der Waals surface area contributed by atoms with Crippen LogP contribution in [0.3, 0.4) is 0 Å². The average molecular weight is 501 g/mol. The van der Waals surface area contributed by atoms with Gasteiger partial charge in [-0.05, 0) is 36.2 Å². The molecule has 0 aliphatic heterocycles. The summed E-state index contributed by atoms with van der Waals surface area (Å²) in [5.41, 5.74) is 1.47. The molecular weight excluding hydrogens is 476 g/mol. The standard InChI is InChI=1S/C24H25ClN4O4S/c1-31-18-7-5-16(13-20(18)33-3)14-21(30)29(11-4-10-28-12-9-26-15-28)24-27-22-19(32-2)8-6-17(25)23(22)34-24/h5-9,12-13,15H,4,10-11,14H2,1-3H3. The normalized spacial score (nSPS) is 10.9. The molecule has 4 aromatic rings. The second-order valence-electron chi connectivity index (χ2n) is 7.49. The average Bonchev–Trinajstić information content (AvgIpc) is 3.52. The molecule has 1 amide bonds. The Hall–Kier alpha value is -3.30. The fraction of sp³-hybridized carbons (Fsp3) is 0.292. The van der Waals surface area contributed by atoms with Crippen LogP contribution in [0, 0.1) is 0 Å². The van der Waals surface area contributed by atoms with Crippen molar-refractivity contribution < 1.29 is 19.0 Å². The van der Waals surface area contributed by atoms with E-state index in [0.29, 0.717) is 39.5 Å². The van der Waals surface area contributed by atoms with E-state index in [2.05, 4.69) is 4.98 Å². The van der Waals surface area contributed by atoms with Crippen LogP contribution in [0.15, 0.2) is 49.1 Å². The van der Waals surface area contributed by atoms with Gasteiger partial charge in [-0.2, -0.15) is 0 Å². The second-order valence-corrected chi connectivity index (χ2v) is 8.87. The number of aromatic nitrogens is 3. The first-order valence-electron chi connectivity index (χ1n) is 10.6. The Kier molecular flexibility index (Phi) is 7.54. The lowest BCUT2D eigenvalue weighted by atomic mass is 10.1. The van der Waals surface area contributed by atoms with Crippen LogP contribution < -0.4 is 19.1 Å². The van der Waals surface area contributed by atoms with Crippen molar-refractivity contribution in [1.82, 2.24) is 14.5 Å². The first-order valence-corrected chi connectivity index (χ1v) is 11.8. The van der Waals surface area contributed by atoms with E-state index in [1.807, 2.05) is 22.9 Å². The number of carbonyl (C=O) groups is 1. The summed E-state index contributed by atoms with van der Waals surface area (Å²) in [6, 6.07) is 9.04. The fourth-order valence-corrected chi connectivity index (χ4v) is 4.94. The number of methoxy groups -OCH3 is 3. The van der Waals surface area contributed by atoms with Gasteiger partial charge in [0.1, 0.15) is 11.3 Å². The van der Waals surface area contributed by atoms with Gasteiger partial charge in [-0.3, -0.25) is 9.69 Å². The van der Waals surface area contributed by atoms with Crippen LogP contribution in [-0.2, 0) is 17.8 Å². The summed E-state index contributed by atoms with van der Waals surface area (Å²) < 4.78 is 18.9. The number of fused-ring (bicyclic) bond motifs is 1. The van der Waals surface area contributed by atoms with Gasteiger partial charge in [0.15, 0.2) is 16.6 Å². The van der Waals surface area contributed by atoms with Crippen LogP contribution in [0.25, 0.3) is 10.2 Å². The molecule has 34 heavy (non-hydrogen) atoms. The van der Waals surface area contributed by atoms with Crippen molar-refractivity contribution in [1.29, 1.82) is 0 Å². The van der Waals surface area contributed by atoms with Gasteiger partial charge in [0.25, 0.3) is 0 Å². The second kappa shape index (κ2) is 10.8. The Bertz CT molecular complexity index is 1280. The number of ether oxygens (including phenoxy) is 3. The van der Waals surface area contributed by atoms with Gasteiger partial charge in [0.2, 0.25) is 5.91 Å². The van der Waals surface area contributed by atoms with Crippen LogP contribution in [0.2, 0.25) is 5.02 Å². The van der Waals surface area contributed by atoms with Gasteiger partial charge in [-0.15, -0.1) is 0 Å². The van der Waals surface area contributed by atoms with Crippen LogP contribution in [0.1, 0.15) is 12.0 Å². The summed E-state index contributed by atoms with van der Waals surface area (Å²) in [4.78, 5) is 24.0. The minimum atomic E-state index is -0.0769. The number of nitrogens with zero attached hydrogens (tertiary/aromatic N) is 4. The largest absolute Gasteiger partial charge is 0.494 e. The zero-order valence-electron chi connectivity index (χ0n) is 19.2. The SMILES string of the molecule is COc1ccc(CC(=O)N(CCCn2ccnc2)c2nc3c(OC)ccc(Cl)c3s2)cc1OC. The highest BCUT2D eigenvalue weighted by molar-refractivity contribution is 7.23. The maximum atomic E-state index is 13.5. The van der Waals surface area contributed by atoms with E-state index >= 15 is 0 Å². The predicted molar refractivity (Wildman–Crippen MR) is 134 cm³/mol. The van der Waals surface area contributed by atoms with Crippen molar-refractivity contribution in [2.75, 3.05) is 32.8 Å². The Balaban J connectivity index is 1.63. The number of carbonyl (C=O) groups excluding carboxylic acids is 1. The van der Waals surface area contributed by atoms with Crippen molar-refractivity contribution in [2.24, 2.45) is 0 Å². The molecule has 0 bridgehead atoms. The molecule has 0 saturated carbocycles. The number of thiazole rings is 1. The van der Waals surface area contributed by atoms with Crippen LogP contribution in [0.4, 0.5) is 5.13 Å². The molecule has 0 atom stereocenters. The quantitative estimate of drug-likeness (QED) is 0.310. The minimum Gasteiger partial charge on any atom is -0.494 e. The number of imidazole rings is 1. The Labute approximate surface area is 206 Å². The Morgan fingerprint density at radius 3 is 2.56 bits per heavy atom. The summed E-state index contributed by atoms with van der Waals surface area (Å²) in [6.45, 7) is 1.22. The molecule has 10 heteroatoms. The molecule has 2 heterocycles. The number of halogens is 1. The van der Waals surface area contributed by atoms with Crippen LogP contribution in [0.5, 0.6) is 17.2 Å². The molecule has 4 rings (SSSR count). The van der Waals surface area contributed by atoms with E-state index in [9.17, 15) is 4.79 Å². The Morgan fingerprint density at radius 1 is 1.09 bits per heavy atom. The first kappa shape index (κ1) is 23.8. The molecule has 8 nitrogen and oxygen atoms in total. The summed E-state index contributed by atoms with van der Waals surface area (Å²) in [7, 11) is 4.74. The van der Waals surface area contributed by atoms with Gasteiger partial charge in [-0.25, -0.2) is 9.97 Å². The van der Waals surface area contributed by atoms with Crippen molar-refractivity contribution in [3.63, 3.8) is 0 Å². The molecule has 0 N–H and O–H groups in total. The van der Waals surface area contributed by atoms with Gasteiger partial charge in [0.05, 0.1) is 43.8 Å². The maximum absolute atomic E-state index is 13.5. The molecule has 2 aromatic carbocycles. The highest BCUT2D eigenvalue weighted by atomic mass is 35.5. The summed E-state index contributed by atoms with van der Waals surface area (Å²) in [6.07, 6.45) is 6.32. The predicted octanol–water partition coefficient (Wildman–Crippen LogP) is 4.84. The highest BCUT2D eigenvalue weighted by Crippen LogP contribution is 2.39. The number of amides is 1. The molecule has 0 saturated heterocycles. The topological polar surface area (TPSA) is 78.7 Å². The van der Waals surface area contributed by atoms with E-state index in [0.717, 1.165) is 23.2 Å². The molecule has 0 fully saturated rings. The van der Waals surface area contributed by atoms with E-state index in [1.165, 1.54) is 11.3 Å². The third-order valence-electron chi connectivity index (χ3n) is 5.36. The lowest BCUT2D eigenvalue weighted by molar-refractivity contribution is -0.118. The van der Waals surface area contributed by atoms with E-state index in [-0.39, 0.29) is 12.3 Å². The molecule has 0 unspecified atom stereocenters. The molecule has 0 spiro atoms. The smallest absolute Gasteiger partial charge is 0.233 e. The van der Waals surface area contributed by atoms with Crippen molar-refractivity contribution in [2.45, 2.75) is 19.4 Å². The van der Waals surface area contributed by atoms with Crippen LogP contribution in [-0.4, -0.2) is 48.3 Å². The number of hydrogen-bond acceptors (Lipinski definition) is 7. The van der Waals surface area contributed by atoms with Gasteiger partial charge in [0, 0.05) is 25.5 Å². The van der Waals surface area contributed by atoms with Crippen molar-refractivity contribution in [3.05, 3.63) is 59.6 Å². The third-order valence-corrected chi connectivity index (χ3v) is 6.90. The lowest BCUT2D eigenvalue weighted by Gasteiger charge is -2.20. The molecule has 0 aliphatic rings. The van der Waals surface area contributed by atoms with Crippen LogP contribution >= 0.6 is 22.9 Å². The lowest BCUT2D eigenvalue weighted by Crippen LogP contribution is -2.33. The molecule has 0 radical (unpaired) electrons. The molecular formula is C24H25ClN4O4S. The molecule has 178 valence electrons. The van der Waals surface area contributed by atoms with Crippen molar-refractivity contribution >= 4 is 44.2 Å². The summed E-state index contributed by atoms with van der Waals surface area (Å²) in [5, 5.41) is 1.16. The van der Waals surface area contributed by atoms with Crippen molar-refractivity contribution in [3.8, 4) is 17.2 Å². The number of hydrogen-bond donors (Lipinski definition) is 0. The van der Waals surface area contributed by atoms with E-state index in [4.69, 9.17) is 30.8 Å².